The van der Waals surface area contributed by atoms with Gasteiger partial charge in [0.15, 0.2) is 0 Å². The first kappa shape index (κ1) is 28.4. The summed E-state index contributed by atoms with van der Waals surface area (Å²) in [5.74, 6) is -3.37. The van der Waals surface area contributed by atoms with Crippen molar-refractivity contribution in [2.45, 2.75) is 63.9 Å². The Labute approximate surface area is 199 Å². The summed E-state index contributed by atoms with van der Waals surface area (Å²) < 4.78 is 0. The molecule has 3 amide bonds. The molecule has 1 rings (SSSR count). The molecule has 184 valence electrons. The van der Waals surface area contributed by atoms with Gasteiger partial charge >= 0.3 is 5.97 Å². The third-order valence-corrected chi connectivity index (χ3v) is 5.24. The van der Waals surface area contributed by atoms with Gasteiger partial charge in [-0.3, -0.25) is 14.4 Å². The van der Waals surface area contributed by atoms with Gasteiger partial charge in [0.05, 0.1) is 6.10 Å². The second kappa shape index (κ2) is 13.8. The number of carbonyl (C=O) groups is 4. The number of carboxylic acids is 1. The number of carboxylic acid groups (broad SMARTS) is 1. The van der Waals surface area contributed by atoms with Crippen LogP contribution < -0.4 is 21.7 Å². The van der Waals surface area contributed by atoms with Gasteiger partial charge < -0.3 is 31.9 Å². The number of aliphatic hydroxyl groups excluding tert-OH is 1. The van der Waals surface area contributed by atoms with Gasteiger partial charge in [0.1, 0.15) is 24.2 Å². The fraction of sp³-hybridized carbons (Fsp3) is 0.545. The minimum absolute atomic E-state index is 0.00570. The molecule has 0 aliphatic heterocycles. The number of nitrogens with one attached hydrogen (secondary N) is 3. The molecule has 5 atom stereocenters. The van der Waals surface area contributed by atoms with Gasteiger partial charge in [-0.15, -0.1) is 0 Å². The highest BCUT2D eigenvalue weighted by atomic mass is 32.1. The Hall–Kier alpha value is -2.63. The predicted molar refractivity (Wildman–Crippen MR) is 127 cm³/mol. The maximum absolute atomic E-state index is 13.1. The molecule has 0 bridgehead atoms. The van der Waals surface area contributed by atoms with Gasteiger partial charge in [-0.25, -0.2) is 4.79 Å². The Morgan fingerprint density at radius 2 is 1.42 bits per heavy atom. The Bertz CT molecular complexity index is 805. The zero-order valence-corrected chi connectivity index (χ0v) is 19.9. The van der Waals surface area contributed by atoms with Crippen LogP contribution >= 0.6 is 12.6 Å². The summed E-state index contributed by atoms with van der Waals surface area (Å²) in [5, 5.41) is 26.3. The van der Waals surface area contributed by atoms with E-state index in [4.69, 9.17) is 5.73 Å². The topological polar surface area (TPSA) is 171 Å². The van der Waals surface area contributed by atoms with Crippen LogP contribution in [0.4, 0.5) is 0 Å². The molecule has 1 aromatic rings. The molecule has 0 aromatic heterocycles. The van der Waals surface area contributed by atoms with E-state index in [0.717, 1.165) is 5.56 Å². The molecular weight excluding hydrogens is 448 g/mol. The second-order valence-electron chi connectivity index (χ2n) is 8.29. The third kappa shape index (κ3) is 9.80. The van der Waals surface area contributed by atoms with Crippen LogP contribution in [-0.2, 0) is 25.6 Å². The molecule has 5 unspecified atom stereocenters. The Morgan fingerprint density at radius 3 is 1.91 bits per heavy atom. The van der Waals surface area contributed by atoms with Crippen LogP contribution in [0.1, 0.15) is 32.8 Å². The predicted octanol–water partition coefficient (Wildman–Crippen LogP) is -0.548. The fourth-order valence-electron chi connectivity index (χ4n) is 2.98. The maximum atomic E-state index is 13.1. The summed E-state index contributed by atoms with van der Waals surface area (Å²) in [6.45, 7) is 5.06. The first-order valence-electron chi connectivity index (χ1n) is 10.7. The number of hydrogen-bond acceptors (Lipinski definition) is 7. The average Bonchev–Trinajstić information content (AvgIpc) is 2.75. The average molecular weight is 483 g/mol. The molecule has 1 aromatic carbocycles. The number of nitrogens with two attached hydrogens (primary N) is 1. The standard InChI is InChI=1S/C22H34N4O6S/c1-12(2)9-15(19(28)26-17(11-33)22(31)32)24-20(29)16(10-14-7-5-4-6-8-14)25-21(30)18(23)13(3)27/h4-8,12-13,15-18,27,33H,9-11,23H2,1-3H3,(H,24,29)(H,25,30)(H,26,28)(H,31,32). The number of carbonyl (C=O) groups excluding carboxylic acids is 3. The van der Waals surface area contributed by atoms with Crippen molar-refractivity contribution in [3.63, 3.8) is 0 Å². The van der Waals surface area contributed by atoms with Crippen LogP contribution in [0.2, 0.25) is 0 Å². The molecule has 0 aliphatic rings. The van der Waals surface area contributed by atoms with Crippen LogP contribution in [0.3, 0.4) is 0 Å². The van der Waals surface area contributed by atoms with E-state index in [0.29, 0.717) is 0 Å². The van der Waals surface area contributed by atoms with Gasteiger partial charge in [0.2, 0.25) is 17.7 Å². The maximum Gasteiger partial charge on any atom is 0.327 e. The molecule has 0 fully saturated rings. The SMILES string of the molecule is CC(C)CC(NC(=O)C(Cc1ccccc1)NC(=O)C(N)C(C)O)C(=O)NC(CS)C(=O)O. The number of benzene rings is 1. The first-order chi connectivity index (χ1) is 15.5. The highest BCUT2D eigenvalue weighted by Gasteiger charge is 2.31. The molecule has 0 saturated carbocycles. The smallest absolute Gasteiger partial charge is 0.327 e. The highest BCUT2D eigenvalue weighted by Crippen LogP contribution is 2.09. The second-order valence-corrected chi connectivity index (χ2v) is 8.66. The molecule has 11 heteroatoms. The minimum atomic E-state index is -1.24. The van der Waals surface area contributed by atoms with E-state index < -0.39 is 54.0 Å². The molecule has 0 radical (unpaired) electrons. The zero-order valence-electron chi connectivity index (χ0n) is 19.0. The highest BCUT2D eigenvalue weighted by molar-refractivity contribution is 7.80. The van der Waals surface area contributed by atoms with E-state index in [-0.39, 0.29) is 24.5 Å². The summed E-state index contributed by atoms with van der Waals surface area (Å²) in [6.07, 6.45) is -0.760. The van der Waals surface area contributed by atoms with Crippen molar-refractivity contribution in [1.82, 2.24) is 16.0 Å². The van der Waals surface area contributed by atoms with Crippen LogP contribution in [0.15, 0.2) is 30.3 Å². The third-order valence-electron chi connectivity index (χ3n) is 4.88. The van der Waals surface area contributed by atoms with E-state index in [1.54, 1.807) is 24.3 Å². The summed E-state index contributed by atoms with van der Waals surface area (Å²) in [4.78, 5) is 49.5. The molecule has 33 heavy (non-hydrogen) atoms. The Kier molecular flexibility index (Phi) is 11.9. The lowest BCUT2D eigenvalue weighted by atomic mass is 10.0. The summed E-state index contributed by atoms with van der Waals surface area (Å²) in [6, 6.07) is 4.38. The lowest BCUT2D eigenvalue weighted by Gasteiger charge is -2.26. The number of thiol groups is 1. The molecular formula is C22H34N4O6S. The first-order valence-corrected chi connectivity index (χ1v) is 11.3. The van der Waals surface area contributed by atoms with Crippen molar-refractivity contribution in [3.05, 3.63) is 35.9 Å². The lowest BCUT2D eigenvalue weighted by molar-refractivity contribution is -0.141. The van der Waals surface area contributed by atoms with Crippen molar-refractivity contribution < 1.29 is 29.4 Å². The summed E-state index contributed by atoms with van der Waals surface area (Å²) >= 11 is 3.94. The van der Waals surface area contributed by atoms with Crippen molar-refractivity contribution in [2.75, 3.05) is 5.75 Å². The Morgan fingerprint density at radius 1 is 0.909 bits per heavy atom. The van der Waals surface area contributed by atoms with Gasteiger partial charge in [0, 0.05) is 12.2 Å². The summed E-state index contributed by atoms with van der Waals surface area (Å²) in [5.41, 5.74) is 6.45. The van der Waals surface area contributed by atoms with E-state index in [1.807, 2.05) is 19.9 Å². The number of hydrogen-bond donors (Lipinski definition) is 7. The number of aliphatic carboxylic acids is 1. The largest absolute Gasteiger partial charge is 0.480 e. The van der Waals surface area contributed by atoms with Crippen molar-refractivity contribution in [2.24, 2.45) is 11.7 Å². The van der Waals surface area contributed by atoms with Crippen LogP contribution in [0, 0.1) is 5.92 Å². The molecule has 7 N–H and O–H groups in total. The fourth-order valence-corrected chi connectivity index (χ4v) is 3.23. The molecule has 0 saturated heterocycles. The zero-order chi connectivity index (χ0) is 25.1. The van der Waals surface area contributed by atoms with E-state index in [9.17, 15) is 29.4 Å². The quantitative estimate of drug-likeness (QED) is 0.185. The monoisotopic (exact) mass is 482 g/mol. The van der Waals surface area contributed by atoms with Crippen molar-refractivity contribution in [1.29, 1.82) is 0 Å². The number of rotatable bonds is 13. The minimum Gasteiger partial charge on any atom is -0.480 e. The van der Waals surface area contributed by atoms with Gasteiger partial charge in [-0.2, -0.15) is 12.6 Å². The van der Waals surface area contributed by atoms with E-state index in [2.05, 4.69) is 28.6 Å². The van der Waals surface area contributed by atoms with Crippen molar-refractivity contribution >= 4 is 36.3 Å². The lowest BCUT2D eigenvalue weighted by Crippen LogP contribution is -2.59. The Balaban J connectivity index is 3.08. The van der Waals surface area contributed by atoms with Crippen LogP contribution in [0.5, 0.6) is 0 Å². The van der Waals surface area contributed by atoms with Crippen LogP contribution in [0.25, 0.3) is 0 Å². The molecule has 0 heterocycles. The normalized spacial score (nSPS) is 15.6. The summed E-state index contributed by atoms with van der Waals surface area (Å²) in [7, 11) is 0. The van der Waals surface area contributed by atoms with Gasteiger partial charge in [-0.1, -0.05) is 44.2 Å². The van der Waals surface area contributed by atoms with E-state index in [1.165, 1.54) is 6.92 Å². The molecule has 0 aliphatic carbocycles. The van der Waals surface area contributed by atoms with Gasteiger partial charge in [-0.05, 0) is 24.8 Å². The van der Waals surface area contributed by atoms with Crippen molar-refractivity contribution in [3.8, 4) is 0 Å². The van der Waals surface area contributed by atoms with E-state index >= 15 is 0 Å². The number of aliphatic hydroxyl groups is 1. The molecule has 0 spiro atoms. The van der Waals surface area contributed by atoms with Crippen LogP contribution in [-0.4, -0.2) is 69.9 Å². The molecule has 10 nitrogen and oxygen atoms in total. The number of amides is 3. The van der Waals surface area contributed by atoms with Gasteiger partial charge in [0.25, 0.3) is 0 Å².